The van der Waals surface area contributed by atoms with Crippen LogP contribution >= 0.6 is 0 Å². The predicted octanol–water partition coefficient (Wildman–Crippen LogP) is 2.41. The summed E-state index contributed by atoms with van der Waals surface area (Å²) in [6.45, 7) is 3.76. The van der Waals surface area contributed by atoms with Gasteiger partial charge in [-0.15, -0.1) is 0 Å². The van der Waals surface area contributed by atoms with Gasteiger partial charge in [-0.25, -0.2) is 0 Å². The molecule has 6 heteroatoms. The molecule has 0 radical (unpaired) electrons. The average Bonchev–Trinajstić information content (AvgIpc) is 3.13. The van der Waals surface area contributed by atoms with E-state index in [0.717, 1.165) is 11.3 Å². The molecule has 1 aromatic heterocycles. The summed E-state index contributed by atoms with van der Waals surface area (Å²) in [6.07, 6.45) is 0.428. The topological polar surface area (TPSA) is 74.5 Å². The summed E-state index contributed by atoms with van der Waals surface area (Å²) in [5, 5.41) is 3.93. The Morgan fingerprint density at radius 3 is 3.05 bits per heavy atom. The van der Waals surface area contributed by atoms with E-state index in [9.17, 15) is 4.79 Å². The molecule has 1 aliphatic heterocycles. The van der Waals surface area contributed by atoms with Crippen LogP contribution in [0.1, 0.15) is 43.1 Å². The van der Waals surface area contributed by atoms with Crippen molar-refractivity contribution >= 4 is 5.97 Å². The summed E-state index contributed by atoms with van der Waals surface area (Å²) < 4.78 is 15.9. The lowest BCUT2D eigenvalue weighted by Gasteiger charge is -2.06. The Hall–Kier alpha value is -2.37. The zero-order valence-corrected chi connectivity index (χ0v) is 11.9. The van der Waals surface area contributed by atoms with Crippen molar-refractivity contribution in [3.8, 4) is 5.75 Å². The summed E-state index contributed by atoms with van der Waals surface area (Å²) in [6, 6.07) is 7.82. The molecular formula is C15H16N2O4. The van der Waals surface area contributed by atoms with E-state index in [4.69, 9.17) is 14.0 Å². The molecular weight excluding hydrogens is 272 g/mol. The first-order valence-electron chi connectivity index (χ1n) is 6.93. The fourth-order valence-corrected chi connectivity index (χ4v) is 2.25. The maximum atomic E-state index is 11.7. The van der Waals surface area contributed by atoms with Crippen molar-refractivity contribution in [3.63, 3.8) is 0 Å². The monoisotopic (exact) mass is 288 g/mol. The quantitative estimate of drug-likeness (QED) is 0.804. The van der Waals surface area contributed by atoms with Gasteiger partial charge in [0.25, 0.3) is 0 Å². The van der Waals surface area contributed by atoms with Gasteiger partial charge in [0.05, 0.1) is 6.61 Å². The Kier molecular flexibility index (Phi) is 3.60. The van der Waals surface area contributed by atoms with E-state index in [-0.39, 0.29) is 18.0 Å². The molecule has 6 nitrogen and oxygen atoms in total. The largest absolute Gasteiger partial charge is 0.482 e. The molecule has 0 amide bonds. The molecule has 0 saturated heterocycles. The van der Waals surface area contributed by atoms with Gasteiger partial charge in [-0.05, 0) is 25.5 Å². The van der Waals surface area contributed by atoms with Crippen LogP contribution in [0, 0.1) is 0 Å². The number of carbonyl (C=O) groups excluding carboxylic acids is 1. The van der Waals surface area contributed by atoms with Crippen LogP contribution in [0.3, 0.4) is 0 Å². The van der Waals surface area contributed by atoms with Crippen LogP contribution in [0.2, 0.25) is 0 Å². The standard InChI is InChI=1S/C15H16N2O4/c1-3-19-15(18)9(2)14-16-13(17-21-14)12-8-10-6-4-5-7-11(10)20-12/h4-7,9,12H,3,8H2,1-2H3. The molecule has 21 heavy (non-hydrogen) atoms. The molecule has 0 aliphatic carbocycles. The van der Waals surface area contributed by atoms with Crippen LogP contribution in [0.5, 0.6) is 5.75 Å². The summed E-state index contributed by atoms with van der Waals surface area (Å²) >= 11 is 0. The number of benzene rings is 1. The molecule has 0 saturated carbocycles. The van der Waals surface area contributed by atoms with Crippen LogP contribution in [-0.4, -0.2) is 22.7 Å². The highest BCUT2D eigenvalue weighted by atomic mass is 16.5. The first kappa shape index (κ1) is 13.6. The third kappa shape index (κ3) is 2.61. The highest BCUT2D eigenvalue weighted by molar-refractivity contribution is 5.76. The Morgan fingerprint density at radius 1 is 1.48 bits per heavy atom. The second-order valence-corrected chi connectivity index (χ2v) is 4.88. The molecule has 110 valence electrons. The molecule has 2 atom stereocenters. The highest BCUT2D eigenvalue weighted by Crippen LogP contribution is 2.35. The summed E-state index contributed by atoms with van der Waals surface area (Å²) in [5.41, 5.74) is 1.12. The lowest BCUT2D eigenvalue weighted by atomic mass is 10.1. The lowest BCUT2D eigenvalue weighted by molar-refractivity contribution is -0.145. The molecule has 2 aromatic rings. The van der Waals surface area contributed by atoms with Gasteiger partial charge in [-0.3, -0.25) is 4.79 Å². The minimum atomic E-state index is -0.574. The van der Waals surface area contributed by atoms with Crippen molar-refractivity contribution in [1.82, 2.24) is 10.1 Å². The maximum Gasteiger partial charge on any atom is 0.318 e. The third-order valence-electron chi connectivity index (χ3n) is 3.40. The molecule has 1 aromatic carbocycles. The van der Waals surface area contributed by atoms with Crippen molar-refractivity contribution in [2.24, 2.45) is 0 Å². The highest BCUT2D eigenvalue weighted by Gasteiger charge is 2.30. The molecule has 0 bridgehead atoms. The Balaban J connectivity index is 1.73. The molecule has 3 rings (SSSR count). The Labute approximate surface area is 122 Å². The van der Waals surface area contributed by atoms with Crippen LogP contribution in [0.15, 0.2) is 28.8 Å². The predicted molar refractivity (Wildman–Crippen MR) is 72.9 cm³/mol. The SMILES string of the molecule is CCOC(=O)C(C)c1nc(C2Cc3ccccc3O2)no1. The van der Waals surface area contributed by atoms with E-state index in [1.165, 1.54) is 0 Å². The van der Waals surface area contributed by atoms with Crippen molar-refractivity contribution in [2.45, 2.75) is 32.3 Å². The van der Waals surface area contributed by atoms with Crippen LogP contribution in [0.25, 0.3) is 0 Å². The minimum Gasteiger partial charge on any atom is -0.482 e. The number of rotatable bonds is 4. The van der Waals surface area contributed by atoms with E-state index in [2.05, 4.69) is 10.1 Å². The Bertz CT molecular complexity index is 628. The van der Waals surface area contributed by atoms with Crippen molar-refractivity contribution in [3.05, 3.63) is 41.5 Å². The first-order valence-corrected chi connectivity index (χ1v) is 6.93. The van der Waals surface area contributed by atoms with Gasteiger partial charge >= 0.3 is 5.97 Å². The average molecular weight is 288 g/mol. The smallest absolute Gasteiger partial charge is 0.318 e. The van der Waals surface area contributed by atoms with Gasteiger partial charge in [0.2, 0.25) is 11.7 Å². The van der Waals surface area contributed by atoms with Crippen LogP contribution in [0.4, 0.5) is 0 Å². The number of aromatic nitrogens is 2. The minimum absolute atomic E-state index is 0.253. The van der Waals surface area contributed by atoms with Crippen LogP contribution < -0.4 is 4.74 Å². The number of hydrogen-bond donors (Lipinski definition) is 0. The number of hydrogen-bond acceptors (Lipinski definition) is 6. The maximum absolute atomic E-state index is 11.7. The van der Waals surface area contributed by atoms with E-state index >= 15 is 0 Å². The molecule has 2 unspecified atom stereocenters. The van der Waals surface area contributed by atoms with Gasteiger partial charge in [0.1, 0.15) is 11.7 Å². The fraction of sp³-hybridized carbons (Fsp3) is 0.400. The van der Waals surface area contributed by atoms with Crippen molar-refractivity contribution in [1.29, 1.82) is 0 Å². The summed E-state index contributed by atoms with van der Waals surface area (Å²) in [5.74, 6) is 0.603. The van der Waals surface area contributed by atoms with Crippen molar-refractivity contribution in [2.75, 3.05) is 6.61 Å². The van der Waals surface area contributed by atoms with E-state index in [1.54, 1.807) is 13.8 Å². The zero-order valence-electron chi connectivity index (χ0n) is 11.9. The number of ether oxygens (including phenoxy) is 2. The molecule has 0 spiro atoms. The number of carbonyl (C=O) groups is 1. The number of para-hydroxylation sites is 1. The summed E-state index contributed by atoms with van der Waals surface area (Å²) in [4.78, 5) is 15.9. The molecule has 1 aliphatic rings. The Morgan fingerprint density at radius 2 is 2.29 bits per heavy atom. The lowest BCUT2D eigenvalue weighted by Crippen LogP contribution is -2.13. The van der Waals surface area contributed by atoms with Gasteiger partial charge in [0, 0.05) is 6.42 Å². The second kappa shape index (κ2) is 5.55. The number of nitrogens with zero attached hydrogens (tertiary/aromatic N) is 2. The van der Waals surface area contributed by atoms with Crippen molar-refractivity contribution < 1.29 is 18.8 Å². The van der Waals surface area contributed by atoms with E-state index < -0.39 is 5.92 Å². The van der Waals surface area contributed by atoms with E-state index in [1.807, 2.05) is 24.3 Å². The third-order valence-corrected chi connectivity index (χ3v) is 3.40. The van der Waals surface area contributed by atoms with Gasteiger partial charge in [-0.2, -0.15) is 4.98 Å². The first-order chi connectivity index (χ1) is 10.2. The molecule has 2 heterocycles. The molecule has 0 N–H and O–H groups in total. The van der Waals surface area contributed by atoms with Gasteiger partial charge < -0.3 is 14.0 Å². The number of esters is 1. The second-order valence-electron chi connectivity index (χ2n) is 4.88. The van der Waals surface area contributed by atoms with Gasteiger partial charge in [-0.1, -0.05) is 23.4 Å². The molecule has 0 fully saturated rings. The fourth-order valence-electron chi connectivity index (χ4n) is 2.25. The summed E-state index contributed by atoms with van der Waals surface area (Å²) in [7, 11) is 0. The zero-order chi connectivity index (χ0) is 14.8. The number of fused-ring (bicyclic) bond motifs is 1. The van der Waals surface area contributed by atoms with E-state index in [0.29, 0.717) is 18.9 Å². The van der Waals surface area contributed by atoms with Crippen LogP contribution in [-0.2, 0) is 16.0 Å². The normalized spacial score (nSPS) is 17.9. The van der Waals surface area contributed by atoms with Gasteiger partial charge in [0.15, 0.2) is 6.10 Å².